The number of hydrogen-bond acceptors (Lipinski definition) is 0. The van der Waals surface area contributed by atoms with Crippen molar-refractivity contribution >= 4 is 0 Å². The van der Waals surface area contributed by atoms with Crippen molar-refractivity contribution in [1.29, 1.82) is 0 Å². The lowest BCUT2D eigenvalue weighted by molar-refractivity contribution is 0.346. The van der Waals surface area contributed by atoms with Crippen LogP contribution in [0.15, 0.2) is 43.0 Å². The molecule has 0 spiro atoms. The second kappa shape index (κ2) is 5.34. The topological polar surface area (TPSA) is 0 Å². The predicted octanol–water partition coefficient (Wildman–Crippen LogP) is 4.78. The van der Waals surface area contributed by atoms with Gasteiger partial charge in [-0.15, -0.1) is 6.58 Å². The van der Waals surface area contributed by atoms with Crippen molar-refractivity contribution < 1.29 is 0 Å². The summed E-state index contributed by atoms with van der Waals surface area (Å²) in [6.07, 6.45) is 7.42. The first-order valence-corrected chi connectivity index (χ1v) is 6.48. The summed E-state index contributed by atoms with van der Waals surface area (Å²) < 4.78 is 0. The van der Waals surface area contributed by atoms with Crippen LogP contribution in [-0.2, 0) is 0 Å². The molecule has 1 aromatic carbocycles. The van der Waals surface area contributed by atoms with Gasteiger partial charge in [0.1, 0.15) is 0 Å². The third-order valence-electron chi connectivity index (χ3n) is 4.09. The average Bonchev–Trinajstić information content (AvgIpc) is 2.73. The first-order valence-electron chi connectivity index (χ1n) is 6.48. The van der Waals surface area contributed by atoms with E-state index in [0.717, 1.165) is 18.3 Å². The molecule has 0 radical (unpaired) electrons. The Morgan fingerprint density at radius 2 is 2.06 bits per heavy atom. The summed E-state index contributed by atoms with van der Waals surface area (Å²) >= 11 is 0. The zero-order valence-electron chi connectivity index (χ0n) is 10.2. The quantitative estimate of drug-likeness (QED) is 0.633. The SMILES string of the molecule is C=CC[C@@H](c1ccccc1)[C@@H]1CCC[C@H]1C. The van der Waals surface area contributed by atoms with E-state index in [1.165, 1.54) is 24.8 Å². The van der Waals surface area contributed by atoms with Crippen LogP contribution in [0.3, 0.4) is 0 Å². The Hall–Kier alpha value is -1.04. The highest BCUT2D eigenvalue weighted by atomic mass is 14.4. The van der Waals surface area contributed by atoms with E-state index in [9.17, 15) is 0 Å². The van der Waals surface area contributed by atoms with Crippen molar-refractivity contribution in [2.24, 2.45) is 11.8 Å². The summed E-state index contributed by atoms with van der Waals surface area (Å²) in [5.41, 5.74) is 1.50. The normalized spacial score (nSPS) is 26.6. The highest BCUT2D eigenvalue weighted by Crippen LogP contribution is 2.43. The van der Waals surface area contributed by atoms with Gasteiger partial charge < -0.3 is 0 Å². The van der Waals surface area contributed by atoms with Crippen LogP contribution in [0.2, 0.25) is 0 Å². The van der Waals surface area contributed by atoms with Gasteiger partial charge in [-0.1, -0.05) is 56.2 Å². The van der Waals surface area contributed by atoms with Crippen LogP contribution >= 0.6 is 0 Å². The molecule has 0 bridgehead atoms. The minimum Gasteiger partial charge on any atom is -0.103 e. The molecule has 16 heavy (non-hydrogen) atoms. The van der Waals surface area contributed by atoms with E-state index >= 15 is 0 Å². The fraction of sp³-hybridized carbons (Fsp3) is 0.500. The maximum Gasteiger partial charge on any atom is -0.00966 e. The van der Waals surface area contributed by atoms with E-state index in [1.54, 1.807) is 0 Å². The molecule has 0 heteroatoms. The second-order valence-corrected chi connectivity index (χ2v) is 5.11. The highest BCUT2D eigenvalue weighted by Gasteiger charge is 2.30. The van der Waals surface area contributed by atoms with Gasteiger partial charge in [0.15, 0.2) is 0 Å². The molecular weight excluding hydrogens is 192 g/mol. The summed E-state index contributed by atoms with van der Waals surface area (Å²) in [7, 11) is 0. The number of rotatable bonds is 4. The third kappa shape index (κ3) is 2.37. The Balaban J connectivity index is 2.19. The van der Waals surface area contributed by atoms with Gasteiger partial charge in [-0.05, 0) is 36.2 Å². The van der Waals surface area contributed by atoms with Crippen molar-refractivity contribution in [3.05, 3.63) is 48.6 Å². The molecule has 0 aromatic heterocycles. The number of benzene rings is 1. The van der Waals surface area contributed by atoms with Crippen LogP contribution in [0.25, 0.3) is 0 Å². The van der Waals surface area contributed by atoms with Crippen LogP contribution in [0.5, 0.6) is 0 Å². The summed E-state index contributed by atoms with van der Waals surface area (Å²) in [4.78, 5) is 0. The zero-order valence-corrected chi connectivity index (χ0v) is 10.2. The summed E-state index contributed by atoms with van der Waals surface area (Å²) in [5, 5.41) is 0. The molecule has 0 N–H and O–H groups in total. The van der Waals surface area contributed by atoms with Gasteiger partial charge >= 0.3 is 0 Å². The fourth-order valence-electron chi connectivity index (χ4n) is 3.21. The van der Waals surface area contributed by atoms with Gasteiger partial charge in [0.25, 0.3) is 0 Å². The molecule has 1 aliphatic rings. The molecule has 1 aromatic rings. The molecule has 0 heterocycles. The van der Waals surface area contributed by atoms with Crippen molar-refractivity contribution in [2.75, 3.05) is 0 Å². The first-order chi connectivity index (χ1) is 7.83. The molecule has 86 valence electrons. The fourth-order valence-corrected chi connectivity index (χ4v) is 3.21. The zero-order chi connectivity index (χ0) is 11.4. The Morgan fingerprint density at radius 3 is 2.62 bits per heavy atom. The van der Waals surface area contributed by atoms with Crippen LogP contribution < -0.4 is 0 Å². The summed E-state index contributed by atoms with van der Waals surface area (Å²) in [5.74, 6) is 2.43. The molecule has 2 rings (SSSR count). The van der Waals surface area contributed by atoms with Gasteiger partial charge in [0.2, 0.25) is 0 Å². The molecule has 0 saturated heterocycles. The van der Waals surface area contributed by atoms with Gasteiger partial charge in [-0.3, -0.25) is 0 Å². The van der Waals surface area contributed by atoms with E-state index in [4.69, 9.17) is 0 Å². The molecule has 1 aliphatic carbocycles. The standard InChI is InChI=1S/C16H22/c1-3-8-16(14-10-5-4-6-11-14)15-12-7-9-13(15)2/h3-6,10-11,13,15-16H,1,7-9,12H2,2H3/t13-,15-,16+/m1/s1. The Bertz CT molecular complexity index is 325. The minimum atomic E-state index is 0.691. The van der Waals surface area contributed by atoms with Gasteiger partial charge in [0, 0.05) is 0 Å². The van der Waals surface area contributed by atoms with Crippen LogP contribution in [0.1, 0.15) is 44.1 Å². The largest absolute Gasteiger partial charge is 0.103 e. The van der Waals surface area contributed by atoms with Crippen molar-refractivity contribution in [3.63, 3.8) is 0 Å². The average molecular weight is 214 g/mol. The summed E-state index contributed by atoms with van der Waals surface area (Å²) in [6.45, 7) is 6.34. The number of allylic oxidation sites excluding steroid dienone is 1. The predicted molar refractivity (Wildman–Crippen MR) is 70.5 cm³/mol. The van der Waals surface area contributed by atoms with E-state index in [-0.39, 0.29) is 0 Å². The molecule has 0 unspecified atom stereocenters. The smallest absolute Gasteiger partial charge is 0.00966 e. The third-order valence-corrected chi connectivity index (χ3v) is 4.09. The molecule has 1 saturated carbocycles. The lowest BCUT2D eigenvalue weighted by Gasteiger charge is -2.26. The molecule has 0 amide bonds. The van der Waals surface area contributed by atoms with E-state index in [1.807, 2.05) is 0 Å². The molecule has 1 fully saturated rings. The minimum absolute atomic E-state index is 0.691. The Labute approximate surface area is 99.4 Å². The van der Waals surface area contributed by atoms with Gasteiger partial charge in [0.05, 0.1) is 0 Å². The van der Waals surface area contributed by atoms with Crippen LogP contribution in [0, 0.1) is 11.8 Å². The maximum absolute atomic E-state index is 3.92. The number of hydrogen-bond donors (Lipinski definition) is 0. The van der Waals surface area contributed by atoms with Gasteiger partial charge in [-0.2, -0.15) is 0 Å². The monoisotopic (exact) mass is 214 g/mol. The highest BCUT2D eigenvalue weighted by molar-refractivity contribution is 5.21. The maximum atomic E-state index is 3.92. The van der Waals surface area contributed by atoms with Crippen molar-refractivity contribution in [2.45, 2.75) is 38.5 Å². The lowest BCUT2D eigenvalue weighted by atomic mass is 9.78. The Kier molecular flexibility index (Phi) is 3.82. The first kappa shape index (κ1) is 11.4. The van der Waals surface area contributed by atoms with Gasteiger partial charge in [-0.25, -0.2) is 0 Å². The van der Waals surface area contributed by atoms with Crippen LogP contribution in [-0.4, -0.2) is 0 Å². The van der Waals surface area contributed by atoms with Crippen LogP contribution in [0.4, 0.5) is 0 Å². The van der Waals surface area contributed by atoms with Crippen molar-refractivity contribution in [1.82, 2.24) is 0 Å². The molecule has 0 nitrogen and oxygen atoms in total. The van der Waals surface area contributed by atoms with Crippen molar-refractivity contribution in [3.8, 4) is 0 Å². The van der Waals surface area contributed by atoms with E-state index in [2.05, 4.69) is 49.9 Å². The Morgan fingerprint density at radius 1 is 1.31 bits per heavy atom. The van der Waals surface area contributed by atoms with E-state index < -0.39 is 0 Å². The molecule has 0 aliphatic heterocycles. The summed E-state index contributed by atoms with van der Waals surface area (Å²) in [6, 6.07) is 11.0. The molecular formula is C16H22. The molecule has 3 atom stereocenters. The second-order valence-electron chi connectivity index (χ2n) is 5.11. The lowest BCUT2D eigenvalue weighted by Crippen LogP contribution is -2.15. The van der Waals surface area contributed by atoms with E-state index in [0.29, 0.717) is 5.92 Å².